The van der Waals surface area contributed by atoms with E-state index in [0.717, 1.165) is 32.3 Å². The molecule has 2 N–H and O–H groups in total. The molecule has 110 valence electrons. The van der Waals surface area contributed by atoms with Crippen LogP contribution >= 0.6 is 11.8 Å². The molecule has 2 aliphatic rings. The van der Waals surface area contributed by atoms with E-state index in [1.165, 1.54) is 11.8 Å². The summed E-state index contributed by atoms with van der Waals surface area (Å²) in [5, 5.41) is 9.87. The van der Waals surface area contributed by atoms with E-state index >= 15 is 0 Å². The lowest BCUT2D eigenvalue weighted by molar-refractivity contribution is -0.119. The molecule has 2 fully saturated rings. The van der Waals surface area contributed by atoms with Crippen LogP contribution < -0.4 is 11.0 Å². The highest BCUT2D eigenvalue weighted by Crippen LogP contribution is 2.35. The first kappa shape index (κ1) is 13.7. The highest BCUT2D eigenvalue weighted by atomic mass is 32.2. The smallest absolute Gasteiger partial charge is 0.344 e. The van der Waals surface area contributed by atoms with Gasteiger partial charge in [-0.3, -0.25) is 9.36 Å². The van der Waals surface area contributed by atoms with Crippen LogP contribution in [0.3, 0.4) is 0 Å². The molecule has 7 nitrogen and oxygen atoms in total. The monoisotopic (exact) mass is 298 g/mol. The maximum atomic E-state index is 11.8. The van der Waals surface area contributed by atoms with Gasteiger partial charge in [0.05, 0.1) is 11.9 Å². The molecule has 0 aromatic carbocycles. The summed E-state index contributed by atoms with van der Waals surface area (Å²) in [6.45, 7) is 1.35. The molecule has 2 heterocycles. The number of thioether (sulfide) groups is 1. The van der Waals surface area contributed by atoms with Crippen molar-refractivity contribution in [2.75, 3.05) is 18.9 Å². The van der Waals surface area contributed by atoms with Gasteiger partial charge >= 0.3 is 5.69 Å². The summed E-state index contributed by atoms with van der Waals surface area (Å²) in [6, 6.07) is 0.263. The van der Waals surface area contributed by atoms with Crippen LogP contribution in [0.5, 0.6) is 0 Å². The molecule has 0 spiro atoms. The van der Waals surface area contributed by atoms with Gasteiger partial charge in [0.25, 0.3) is 0 Å². The molecular weight excluding hydrogens is 280 g/mol. The third-order valence-electron chi connectivity index (χ3n) is 3.47. The highest BCUT2D eigenvalue weighted by Gasteiger charge is 2.28. The summed E-state index contributed by atoms with van der Waals surface area (Å²) >= 11 is 1.29. The van der Waals surface area contributed by atoms with E-state index in [0.29, 0.717) is 11.7 Å². The number of carbonyl (C=O) groups is 1. The minimum absolute atomic E-state index is 0.0525. The lowest BCUT2D eigenvalue weighted by Gasteiger charge is -2.10. The SMILES string of the molecule is O=C(CSc1n[nH]c(=O)n1C1CC1)NC[C@H]1CCCO1. The number of rotatable bonds is 6. The normalized spacial score (nSPS) is 22.1. The molecule has 1 saturated heterocycles. The number of H-pyrrole nitrogens is 1. The molecule has 0 bridgehead atoms. The summed E-state index contributed by atoms with van der Waals surface area (Å²) < 4.78 is 7.09. The Morgan fingerprint density at radius 1 is 1.50 bits per heavy atom. The maximum Gasteiger partial charge on any atom is 0.344 e. The predicted octanol–water partition coefficient (Wildman–Crippen LogP) is 0.294. The van der Waals surface area contributed by atoms with Gasteiger partial charge < -0.3 is 10.1 Å². The molecule has 1 aliphatic heterocycles. The van der Waals surface area contributed by atoms with Crippen LogP contribution in [0.2, 0.25) is 0 Å². The number of hydrogen-bond donors (Lipinski definition) is 2. The third kappa shape index (κ3) is 3.24. The second-order valence-corrected chi connectivity index (χ2v) is 6.08. The number of nitrogens with one attached hydrogen (secondary N) is 2. The van der Waals surface area contributed by atoms with Gasteiger partial charge in [0, 0.05) is 19.2 Å². The molecule has 0 unspecified atom stereocenters. The maximum absolute atomic E-state index is 11.8. The average molecular weight is 298 g/mol. The number of aromatic nitrogens is 3. The van der Waals surface area contributed by atoms with Crippen molar-refractivity contribution >= 4 is 17.7 Å². The Morgan fingerprint density at radius 2 is 2.35 bits per heavy atom. The predicted molar refractivity (Wildman–Crippen MR) is 73.8 cm³/mol. The first-order chi connectivity index (χ1) is 9.74. The zero-order chi connectivity index (χ0) is 13.9. The number of ether oxygens (including phenoxy) is 1. The first-order valence-corrected chi connectivity index (χ1v) is 7.90. The Kier molecular flexibility index (Phi) is 4.11. The van der Waals surface area contributed by atoms with E-state index in [1.54, 1.807) is 4.57 Å². The minimum atomic E-state index is -0.185. The second-order valence-electron chi connectivity index (χ2n) is 5.14. The quantitative estimate of drug-likeness (QED) is 0.737. The highest BCUT2D eigenvalue weighted by molar-refractivity contribution is 7.99. The van der Waals surface area contributed by atoms with E-state index < -0.39 is 0 Å². The number of amides is 1. The molecule has 0 radical (unpaired) electrons. The molecule has 20 heavy (non-hydrogen) atoms. The fourth-order valence-electron chi connectivity index (χ4n) is 2.26. The van der Waals surface area contributed by atoms with Crippen LogP contribution in [0.15, 0.2) is 9.95 Å². The zero-order valence-corrected chi connectivity index (χ0v) is 11.9. The number of aromatic amines is 1. The topological polar surface area (TPSA) is 89.0 Å². The van der Waals surface area contributed by atoms with Gasteiger partial charge in [-0.15, -0.1) is 5.10 Å². The molecular formula is C12H18N4O3S. The second kappa shape index (κ2) is 6.01. The molecule has 8 heteroatoms. The van der Waals surface area contributed by atoms with Crippen LogP contribution in [0.4, 0.5) is 0 Å². The Hall–Kier alpha value is -1.28. The summed E-state index contributed by atoms with van der Waals surface area (Å²) in [4.78, 5) is 23.3. The van der Waals surface area contributed by atoms with Gasteiger partial charge in [0.15, 0.2) is 5.16 Å². The molecule has 1 amide bonds. The van der Waals surface area contributed by atoms with Crippen molar-refractivity contribution in [1.82, 2.24) is 20.1 Å². The minimum Gasteiger partial charge on any atom is -0.376 e. The number of hydrogen-bond acceptors (Lipinski definition) is 5. The van der Waals surface area contributed by atoms with E-state index in [-0.39, 0.29) is 29.5 Å². The van der Waals surface area contributed by atoms with E-state index in [4.69, 9.17) is 4.74 Å². The Labute approximate surface area is 120 Å². The zero-order valence-electron chi connectivity index (χ0n) is 11.1. The van der Waals surface area contributed by atoms with Gasteiger partial charge in [0.1, 0.15) is 0 Å². The van der Waals surface area contributed by atoms with Crippen LogP contribution in [0, 0.1) is 0 Å². The van der Waals surface area contributed by atoms with Gasteiger partial charge in [-0.1, -0.05) is 11.8 Å². The van der Waals surface area contributed by atoms with Crippen molar-refractivity contribution < 1.29 is 9.53 Å². The van der Waals surface area contributed by atoms with E-state index in [1.807, 2.05) is 0 Å². The van der Waals surface area contributed by atoms with Crippen molar-refractivity contribution in [3.63, 3.8) is 0 Å². The Morgan fingerprint density at radius 3 is 3.05 bits per heavy atom. The molecule has 3 rings (SSSR count). The molecule has 1 atom stereocenters. The average Bonchev–Trinajstić information content (AvgIpc) is 3.00. The summed E-state index contributed by atoms with van der Waals surface area (Å²) in [5.74, 6) is 0.215. The van der Waals surface area contributed by atoms with Crippen molar-refractivity contribution in [3.05, 3.63) is 10.5 Å². The van der Waals surface area contributed by atoms with Crippen LogP contribution in [0.1, 0.15) is 31.7 Å². The van der Waals surface area contributed by atoms with Crippen LogP contribution in [-0.2, 0) is 9.53 Å². The fraction of sp³-hybridized carbons (Fsp3) is 0.750. The fourth-order valence-corrected chi connectivity index (χ4v) is 3.10. The van der Waals surface area contributed by atoms with Crippen molar-refractivity contribution in [3.8, 4) is 0 Å². The third-order valence-corrected chi connectivity index (χ3v) is 4.42. The Bertz CT molecular complexity index is 531. The molecule has 1 aliphatic carbocycles. The molecule has 1 aromatic rings. The van der Waals surface area contributed by atoms with Crippen molar-refractivity contribution in [1.29, 1.82) is 0 Å². The summed E-state index contributed by atoms with van der Waals surface area (Å²) in [7, 11) is 0. The molecule has 1 saturated carbocycles. The van der Waals surface area contributed by atoms with Crippen molar-refractivity contribution in [2.24, 2.45) is 0 Å². The van der Waals surface area contributed by atoms with Gasteiger partial charge in [-0.2, -0.15) is 0 Å². The van der Waals surface area contributed by atoms with E-state index in [2.05, 4.69) is 15.5 Å². The van der Waals surface area contributed by atoms with Crippen LogP contribution in [-0.4, -0.2) is 45.7 Å². The summed E-state index contributed by atoms with van der Waals surface area (Å²) in [5.41, 5.74) is -0.185. The van der Waals surface area contributed by atoms with E-state index in [9.17, 15) is 9.59 Å². The number of carbonyl (C=O) groups excluding carboxylic acids is 1. The Balaban J connectivity index is 1.46. The summed E-state index contributed by atoms with van der Waals surface area (Å²) in [6.07, 6.45) is 4.25. The van der Waals surface area contributed by atoms with Gasteiger partial charge in [-0.05, 0) is 25.7 Å². The van der Waals surface area contributed by atoms with Crippen molar-refractivity contribution in [2.45, 2.75) is 43.0 Å². The first-order valence-electron chi connectivity index (χ1n) is 6.92. The van der Waals surface area contributed by atoms with Crippen LogP contribution in [0.25, 0.3) is 0 Å². The lowest BCUT2D eigenvalue weighted by atomic mass is 10.2. The molecule has 1 aromatic heterocycles. The number of nitrogens with zero attached hydrogens (tertiary/aromatic N) is 2. The van der Waals surface area contributed by atoms with Gasteiger partial charge in [-0.25, -0.2) is 9.89 Å². The lowest BCUT2D eigenvalue weighted by Crippen LogP contribution is -2.33. The van der Waals surface area contributed by atoms with Gasteiger partial charge in [0.2, 0.25) is 5.91 Å². The largest absolute Gasteiger partial charge is 0.376 e. The standard InChI is InChI=1S/C12H18N4O3S/c17-10(13-6-9-2-1-5-19-9)7-20-12-15-14-11(18)16(12)8-3-4-8/h8-9H,1-7H2,(H,13,17)(H,14,18)/t9-/m1/s1.